The first-order chi connectivity index (χ1) is 12.4. The molecule has 1 aliphatic heterocycles. The maximum Gasteiger partial charge on any atom is 0.417 e. The molecule has 0 bridgehead atoms. The molecule has 0 aliphatic carbocycles. The van der Waals surface area contributed by atoms with Crippen LogP contribution in [-0.4, -0.2) is 49.1 Å². The van der Waals surface area contributed by atoms with Crippen LogP contribution in [0, 0.1) is 0 Å². The van der Waals surface area contributed by atoms with Crippen molar-refractivity contribution >= 4 is 11.7 Å². The number of halogens is 3. The Hall–Kier alpha value is -2.77. The third-order valence-corrected chi connectivity index (χ3v) is 4.28. The highest BCUT2D eigenvalue weighted by atomic mass is 19.4. The van der Waals surface area contributed by atoms with Crippen molar-refractivity contribution in [3.05, 3.63) is 53.7 Å². The molecule has 1 aromatic heterocycles. The molecule has 0 atom stereocenters. The van der Waals surface area contributed by atoms with E-state index in [1.807, 2.05) is 4.90 Å². The van der Waals surface area contributed by atoms with E-state index in [1.165, 1.54) is 6.07 Å². The fourth-order valence-electron chi connectivity index (χ4n) is 2.82. The zero-order valence-electron chi connectivity index (χ0n) is 14.2. The minimum Gasteiger partial charge on any atom is -0.497 e. The third-order valence-electron chi connectivity index (χ3n) is 4.28. The van der Waals surface area contributed by atoms with Gasteiger partial charge in [0.25, 0.3) is 5.91 Å². The Morgan fingerprint density at radius 2 is 1.85 bits per heavy atom. The van der Waals surface area contributed by atoms with Gasteiger partial charge in [0.05, 0.1) is 12.7 Å². The SMILES string of the molecule is COc1cccc(C(=O)N2CCN(c3ccc(C(F)(F)F)cn3)CC2)c1. The Labute approximate surface area is 149 Å². The highest BCUT2D eigenvalue weighted by Gasteiger charge is 2.31. The smallest absolute Gasteiger partial charge is 0.417 e. The van der Waals surface area contributed by atoms with Crippen molar-refractivity contribution in [1.29, 1.82) is 0 Å². The van der Waals surface area contributed by atoms with Gasteiger partial charge in [0.2, 0.25) is 0 Å². The molecule has 26 heavy (non-hydrogen) atoms. The number of carbonyl (C=O) groups is 1. The monoisotopic (exact) mass is 365 g/mol. The Bertz CT molecular complexity index is 770. The second-order valence-electron chi connectivity index (χ2n) is 5.91. The number of hydrogen-bond donors (Lipinski definition) is 0. The summed E-state index contributed by atoms with van der Waals surface area (Å²) in [5.41, 5.74) is -0.224. The molecule has 0 saturated carbocycles. The summed E-state index contributed by atoms with van der Waals surface area (Å²) in [6.45, 7) is 1.96. The van der Waals surface area contributed by atoms with Gasteiger partial charge in [0.15, 0.2) is 0 Å². The predicted octanol–water partition coefficient (Wildman–Crippen LogP) is 3.07. The molecular weight excluding hydrogens is 347 g/mol. The summed E-state index contributed by atoms with van der Waals surface area (Å²) in [6, 6.07) is 9.33. The number of hydrogen-bond acceptors (Lipinski definition) is 4. The van der Waals surface area contributed by atoms with Crippen molar-refractivity contribution < 1.29 is 22.7 Å². The number of alkyl halides is 3. The minimum absolute atomic E-state index is 0.0936. The first kappa shape index (κ1) is 18.0. The molecule has 2 heterocycles. The molecule has 8 heteroatoms. The fraction of sp³-hybridized carbons (Fsp3) is 0.333. The molecule has 1 fully saturated rings. The van der Waals surface area contributed by atoms with Gasteiger partial charge in [-0.05, 0) is 30.3 Å². The summed E-state index contributed by atoms with van der Waals surface area (Å²) >= 11 is 0. The van der Waals surface area contributed by atoms with Crippen LogP contribution in [0.5, 0.6) is 5.75 Å². The number of aromatic nitrogens is 1. The summed E-state index contributed by atoms with van der Waals surface area (Å²) in [4.78, 5) is 20.1. The largest absolute Gasteiger partial charge is 0.497 e. The van der Waals surface area contributed by atoms with Crippen LogP contribution in [0.1, 0.15) is 15.9 Å². The Morgan fingerprint density at radius 3 is 2.42 bits per heavy atom. The van der Waals surface area contributed by atoms with Crippen molar-refractivity contribution in [2.45, 2.75) is 6.18 Å². The summed E-state index contributed by atoms with van der Waals surface area (Å²) in [5, 5.41) is 0. The molecule has 5 nitrogen and oxygen atoms in total. The second kappa shape index (κ2) is 7.23. The summed E-state index contributed by atoms with van der Waals surface area (Å²) < 4.78 is 43.0. The molecule has 0 unspecified atom stereocenters. The highest BCUT2D eigenvalue weighted by Crippen LogP contribution is 2.29. The van der Waals surface area contributed by atoms with Gasteiger partial charge >= 0.3 is 6.18 Å². The van der Waals surface area contributed by atoms with Crippen LogP contribution in [0.2, 0.25) is 0 Å². The van der Waals surface area contributed by atoms with Crippen molar-refractivity contribution in [2.24, 2.45) is 0 Å². The number of nitrogens with zero attached hydrogens (tertiary/aromatic N) is 3. The normalized spacial score (nSPS) is 15.1. The lowest BCUT2D eigenvalue weighted by Crippen LogP contribution is -2.49. The van der Waals surface area contributed by atoms with E-state index in [0.29, 0.717) is 43.3 Å². The third kappa shape index (κ3) is 3.89. The second-order valence-corrected chi connectivity index (χ2v) is 5.91. The predicted molar refractivity (Wildman–Crippen MR) is 90.3 cm³/mol. The van der Waals surface area contributed by atoms with Crippen LogP contribution in [0.25, 0.3) is 0 Å². The molecule has 1 amide bonds. The molecule has 2 aromatic rings. The lowest BCUT2D eigenvalue weighted by molar-refractivity contribution is -0.137. The standard InChI is InChI=1S/C18H18F3N3O2/c1-26-15-4-2-3-13(11-15)17(25)24-9-7-23(8-10-24)16-6-5-14(12-22-16)18(19,20)21/h2-6,11-12H,7-10H2,1H3. The number of ether oxygens (including phenoxy) is 1. The van der Waals surface area contributed by atoms with Crippen molar-refractivity contribution in [3.8, 4) is 5.75 Å². The van der Waals surface area contributed by atoms with Gasteiger partial charge in [-0.15, -0.1) is 0 Å². The van der Waals surface area contributed by atoms with Crippen LogP contribution in [-0.2, 0) is 6.18 Å². The number of methoxy groups -OCH3 is 1. The Kier molecular flexibility index (Phi) is 5.01. The number of anilines is 1. The number of benzene rings is 1. The average molecular weight is 365 g/mol. The van der Waals surface area contributed by atoms with Crippen LogP contribution >= 0.6 is 0 Å². The number of amides is 1. The van der Waals surface area contributed by atoms with Gasteiger partial charge in [-0.3, -0.25) is 4.79 Å². The summed E-state index contributed by atoms with van der Waals surface area (Å²) in [7, 11) is 1.54. The van der Waals surface area contributed by atoms with Crippen LogP contribution in [0.4, 0.5) is 19.0 Å². The first-order valence-electron chi connectivity index (χ1n) is 8.10. The Morgan fingerprint density at radius 1 is 1.12 bits per heavy atom. The summed E-state index contributed by atoms with van der Waals surface area (Å²) in [6.07, 6.45) is -3.56. The van der Waals surface area contributed by atoms with Gasteiger partial charge in [-0.1, -0.05) is 6.07 Å². The molecule has 1 aliphatic rings. The minimum atomic E-state index is -4.40. The van der Waals surface area contributed by atoms with Crippen molar-refractivity contribution in [2.75, 3.05) is 38.2 Å². The maximum absolute atomic E-state index is 12.6. The number of rotatable bonds is 3. The number of pyridine rings is 1. The molecular formula is C18H18F3N3O2. The number of carbonyl (C=O) groups excluding carboxylic acids is 1. The van der Waals surface area contributed by atoms with Gasteiger partial charge in [-0.25, -0.2) is 4.98 Å². The van der Waals surface area contributed by atoms with E-state index in [-0.39, 0.29) is 5.91 Å². The lowest BCUT2D eigenvalue weighted by atomic mass is 10.1. The maximum atomic E-state index is 12.6. The van der Waals surface area contributed by atoms with E-state index < -0.39 is 11.7 Å². The van der Waals surface area contributed by atoms with Gasteiger partial charge < -0.3 is 14.5 Å². The molecule has 138 valence electrons. The lowest BCUT2D eigenvalue weighted by Gasteiger charge is -2.35. The van der Waals surface area contributed by atoms with E-state index in [0.717, 1.165) is 12.3 Å². The molecule has 0 N–H and O–H groups in total. The number of piperazine rings is 1. The van der Waals surface area contributed by atoms with Gasteiger partial charge in [0, 0.05) is 37.9 Å². The van der Waals surface area contributed by atoms with E-state index in [2.05, 4.69) is 4.98 Å². The topological polar surface area (TPSA) is 45.7 Å². The molecule has 3 rings (SSSR count). The molecule has 0 radical (unpaired) electrons. The fourth-order valence-corrected chi connectivity index (χ4v) is 2.82. The van der Waals surface area contributed by atoms with Crippen molar-refractivity contribution in [3.63, 3.8) is 0 Å². The van der Waals surface area contributed by atoms with Gasteiger partial charge in [0.1, 0.15) is 11.6 Å². The zero-order valence-corrected chi connectivity index (χ0v) is 14.2. The van der Waals surface area contributed by atoms with Crippen LogP contribution in [0.3, 0.4) is 0 Å². The highest BCUT2D eigenvalue weighted by molar-refractivity contribution is 5.94. The van der Waals surface area contributed by atoms with Crippen molar-refractivity contribution in [1.82, 2.24) is 9.88 Å². The molecule has 0 spiro atoms. The van der Waals surface area contributed by atoms with E-state index in [1.54, 1.807) is 36.3 Å². The van der Waals surface area contributed by atoms with E-state index >= 15 is 0 Å². The first-order valence-corrected chi connectivity index (χ1v) is 8.10. The van der Waals surface area contributed by atoms with E-state index in [4.69, 9.17) is 4.74 Å². The average Bonchev–Trinajstić information content (AvgIpc) is 2.67. The Balaban J connectivity index is 1.62. The van der Waals surface area contributed by atoms with E-state index in [9.17, 15) is 18.0 Å². The quantitative estimate of drug-likeness (QED) is 0.839. The summed E-state index contributed by atoms with van der Waals surface area (Å²) in [5.74, 6) is 0.999. The van der Waals surface area contributed by atoms with Crippen LogP contribution < -0.4 is 9.64 Å². The zero-order chi connectivity index (χ0) is 18.7. The molecule has 1 aromatic carbocycles. The van der Waals surface area contributed by atoms with Crippen LogP contribution in [0.15, 0.2) is 42.6 Å². The van der Waals surface area contributed by atoms with Gasteiger partial charge in [-0.2, -0.15) is 13.2 Å². The molecule has 1 saturated heterocycles.